The molecule has 0 heterocycles. The van der Waals surface area contributed by atoms with Crippen LogP contribution in [0.15, 0.2) is 18.2 Å². The molecule has 25 heavy (non-hydrogen) atoms. The van der Waals surface area contributed by atoms with Crippen molar-refractivity contribution in [3.05, 3.63) is 23.8 Å². The predicted octanol–water partition coefficient (Wildman–Crippen LogP) is 3.07. The van der Waals surface area contributed by atoms with Crippen molar-refractivity contribution in [3.8, 4) is 11.5 Å². The van der Waals surface area contributed by atoms with Gasteiger partial charge >= 0.3 is 0 Å². The zero-order valence-electron chi connectivity index (χ0n) is 15.6. The van der Waals surface area contributed by atoms with E-state index >= 15 is 0 Å². The Morgan fingerprint density at radius 1 is 1.04 bits per heavy atom. The molecule has 5 heteroatoms. The van der Waals surface area contributed by atoms with Gasteiger partial charge in [0.25, 0.3) is 0 Å². The zero-order chi connectivity index (χ0) is 17.9. The van der Waals surface area contributed by atoms with E-state index in [1.807, 2.05) is 18.2 Å². The second-order valence-electron chi connectivity index (χ2n) is 6.68. The van der Waals surface area contributed by atoms with Crippen LogP contribution in [-0.2, 0) is 11.2 Å². The minimum absolute atomic E-state index is 0.0949. The summed E-state index contributed by atoms with van der Waals surface area (Å²) in [6, 6.07) is 6.41. The first kappa shape index (κ1) is 19.6. The van der Waals surface area contributed by atoms with Crippen molar-refractivity contribution in [2.75, 3.05) is 27.3 Å². The quantitative estimate of drug-likeness (QED) is 0.532. The Bertz CT molecular complexity index is 526. The van der Waals surface area contributed by atoms with Crippen molar-refractivity contribution in [3.63, 3.8) is 0 Å². The highest BCUT2D eigenvalue weighted by atomic mass is 16.5. The molecule has 2 N–H and O–H groups in total. The molecule has 0 aromatic heterocycles. The van der Waals surface area contributed by atoms with Crippen LogP contribution in [0.2, 0.25) is 0 Å². The van der Waals surface area contributed by atoms with E-state index in [4.69, 9.17) is 9.47 Å². The summed E-state index contributed by atoms with van der Waals surface area (Å²) in [5.74, 6) is 1.51. The lowest BCUT2D eigenvalue weighted by molar-refractivity contribution is -0.121. The fourth-order valence-electron chi connectivity index (χ4n) is 3.34. The third-order valence-corrected chi connectivity index (χ3v) is 4.82. The molecule has 1 aliphatic rings. The van der Waals surface area contributed by atoms with Crippen LogP contribution in [0.3, 0.4) is 0 Å². The normalized spacial score (nSPS) is 15.4. The molecule has 0 spiro atoms. The molecule has 0 atom stereocenters. The lowest BCUT2D eigenvalue weighted by Crippen LogP contribution is -2.36. The molecule has 1 saturated carbocycles. The number of nitrogens with one attached hydrogen (secondary N) is 2. The topological polar surface area (TPSA) is 59.6 Å². The summed E-state index contributed by atoms with van der Waals surface area (Å²) in [4.78, 5) is 12.0. The first-order chi connectivity index (χ1) is 12.2. The Morgan fingerprint density at radius 3 is 2.44 bits per heavy atom. The van der Waals surface area contributed by atoms with E-state index in [1.165, 1.54) is 38.5 Å². The van der Waals surface area contributed by atoms with Crippen molar-refractivity contribution in [1.29, 1.82) is 0 Å². The Hall–Kier alpha value is -1.75. The Balaban J connectivity index is 1.63. The Kier molecular flexibility index (Phi) is 8.60. The first-order valence-corrected chi connectivity index (χ1v) is 9.44. The molecule has 1 aromatic rings. The van der Waals surface area contributed by atoms with Gasteiger partial charge in [-0.2, -0.15) is 0 Å². The molecule has 1 aliphatic carbocycles. The van der Waals surface area contributed by atoms with Crippen LogP contribution in [0, 0.1) is 0 Å². The number of methoxy groups -OCH3 is 2. The fourth-order valence-corrected chi connectivity index (χ4v) is 3.34. The molecule has 0 aliphatic heterocycles. The van der Waals surface area contributed by atoms with Gasteiger partial charge in [-0.1, -0.05) is 31.7 Å². The van der Waals surface area contributed by atoms with Crippen molar-refractivity contribution in [2.24, 2.45) is 0 Å². The van der Waals surface area contributed by atoms with E-state index < -0.39 is 0 Å². The largest absolute Gasteiger partial charge is 0.493 e. The number of benzene rings is 1. The van der Waals surface area contributed by atoms with Crippen molar-refractivity contribution >= 4 is 5.91 Å². The highest BCUT2D eigenvalue weighted by molar-refractivity contribution is 5.76. The van der Waals surface area contributed by atoms with E-state index in [-0.39, 0.29) is 5.91 Å². The van der Waals surface area contributed by atoms with Crippen LogP contribution in [0.4, 0.5) is 0 Å². The van der Waals surface area contributed by atoms with E-state index in [0.29, 0.717) is 36.9 Å². The minimum Gasteiger partial charge on any atom is -0.493 e. The third-order valence-electron chi connectivity index (χ3n) is 4.82. The molecule has 140 valence electrons. The van der Waals surface area contributed by atoms with Crippen molar-refractivity contribution in [1.82, 2.24) is 10.6 Å². The molecular formula is C20H32N2O3. The van der Waals surface area contributed by atoms with Gasteiger partial charge in [0.2, 0.25) is 5.91 Å². The summed E-state index contributed by atoms with van der Waals surface area (Å²) in [5.41, 5.74) is 1.07. The Labute approximate surface area is 151 Å². The number of hydrogen-bond acceptors (Lipinski definition) is 4. The SMILES string of the molecule is COc1ccc(CCC(=O)NCCNC2CCCCCC2)cc1OC. The summed E-state index contributed by atoms with van der Waals surface area (Å²) in [5, 5.41) is 6.58. The van der Waals surface area contributed by atoms with Crippen LogP contribution in [0.25, 0.3) is 0 Å². The van der Waals surface area contributed by atoms with Crippen molar-refractivity contribution < 1.29 is 14.3 Å². The molecule has 1 aromatic carbocycles. The van der Waals surface area contributed by atoms with Gasteiger partial charge in [-0.3, -0.25) is 4.79 Å². The Morgan fingerprint density at radius 2 is 1.76 bits per heavy atom. The number of amides is 1. The van der Waals surface area contributed by atoms with Crippen molar-refractivity contribution in [2.45, 2.75) is 57.4 Å². The van der Waals surface area contributed by atoms with Gasteiger partial charge in [-0.05, 0) is 37.0 Å². The molecule has 0 radical (unpaired) electrons. The number of aryl methyl sites for hydroxylation is 1. The monoisotopic (exact) mass is 348 g/mol. The van der Waals surface area contributed by atoms with E-state index in [9.17, 15) is 4.79 Å². The highest BCUT2D eigenvalue weighted by Gasteiger charge is 2.11. The number of hydrogen-bond donors (Lipinski definition) is 2. The van der Waals surface area contributed by atoms with Gasteiger partial charge in [0.05, 0.1) is 14.2 Å². The van der Waals surface area contributed by atoms with E-state index in [1.54, 1.807) is 14.2 Å². The van der Waals surface area contributed by atoms with Gasteiger partial charge in [0.1, 0.15) is 0 Å². The van der Waals surface area contributed by atoms with Gasteiger partial charge < -0.3 is 20.1 Å². The summed E-state index contributed by atoms with van der Waals surface area (Å²) in [6.45, 7) is 1.55. The molecule has 1 amide bonds. The molecule has 2 rings (SSSR count). The number of ether oxygens (including phenoxy) is 2. The molecule has 0 unspecified atom stereocenters. The van der Waals surface area contributed by atoms with Crippen LogP contribution in [0.1, 0.15) is 50.5 Å². The minimum atomic E-state index is 0.0949. The maximum Gasteiger partial charge on any atom is 0.220 e. The average Bonchev–Trinajstić information content (AvgIpc) is 2.92. The number of carbonyl (C=O) groups excluding carboxylic acids is 1. The maximum absolute atomic E-state index is 12.0. The molecule has 0 bridgehead atoms. The van der Waals surface area contributed by atoms with Crippen LogP contribution >= 0.6 is 0 Å². The lowest BCUT2D eigenvalue weighted by Gasteiger charge is -2.16. The van der Waals surface area contributed by atoms with Gasteiger partial charge in [0.15, 0.2) is 11.5 Å². The second kappa shape index (κ2) is 11.0. The number of carbonyl (C=O) groups is 1. The smallest absolute Gasteiger partial charge is 0.220 e. The van der Waals surface area contributed by atoms with E-state index in [2.05, 4.69) is 10.6 Å². The summed E-state index contributed by atoms with van der Waals surface area (Å²) < 4.78 is 10.5. The molecular weight excluding hydrogens is 316 g/mol. The lowest BCUT2D eigenvalue weighted by atomic mass is 10.1. The summed E-state index contributed by atoms with van der Waals surface area (Å²) in [7, 11) is 3.24. The first-order valence-electron chi connectivity index (χ1n) is 9.44. The second-order valence-corrected chi connectivity index (χ2v) is 6.68. The van der Waals surface area contributed by atoms with Gasteiger partial charge in [0, 0.05) is 25.6 Å². The highest BCUT2D eigenvalue weighted by Crippen LogP contribution is 2.27. The van der Waals surface area contributed by atoms with Crippen LogP contribution < -0.4 is 20.1 Å². The zero-order valence-corrected chi connectivity index (χ0v) is 15.6. The molecule has 0 saturated heterocycles. The standard InChI is InChI=1S/C20H32N2O3/c1-24-18-11-9-16(15-19(18)25-2)10-12-20(23)22-14-13-21-17-7-5-3-4-6-8-17/h9,11,15,17,21H,3-8,10,12-14H2,1-2H3,(H,22,23). The fraction of sp³-hybridized carbons (Fsp3) is 0.650. The maximum atomic E-state index is 12.0. The van der Waals surface area contributed by atoms with Gasteiger partial charge in [-0.15, -0.1) is 0 Å². The van der Waals surface area contributed by atoms with E-state index in [0.717, 1.165) is 12.1 Å². The molecule has 5 nitrogen and oxygen atoms in total. The third kappa shape index (κ3) is 6.94. The predicted molar refractivity (Wildman–Crippen MR) is 100 cm³/mol. The molecule has 1 fully saturated rings. The summed E-state index contributed by atoms with van der Waals surface area (Å²) in [6.07, 6.45) is 9.11. The van der Waals surface area contributed by atoms with Crippen LogP contribution in [-0.4, -0.2) is 39.3 Å². The number of rotatable bonds is 9. The van der Waals surface area contributed by atoms with Crippen LogP contribution in [0.5, 0.6) is 11.5 Å². The summed E-state index contributed by atoms with van der Waals surface area (Å²) >= 11 is 0. The average molecular weight is 348 g/mol. The van der Waals surface area contributed by atoms with Gasteiger partial charge in [-0.25, -0.2) is 0 Å².